The van der Waals surface area contributed by atoms with Crippen molar-refractivity contribution in [1.29, 1.82) is 0 Å². The van der Waals surface area contributed by atoms with E-state index < -0.39 is 35.3 Å². The summed E-state index contributed by atoms with van der Waals surface area (Å²) in [5.41, 5.74) is 13.3. The maximum Gasteiger partial charge on any atom is 0.333 e. The highest BCUT2D eigenvalue weighted by molar-refractivity contribution is 6.03. The number of unbranched alkanes of at least 4 members (excludes halogenated alkanes) is 20. The minimum absolute atomic E-state index is 0.227. The van der Waals surface area contributed by atoms with Crippen LogP contribution in [0.15, 0.2) is 158 Å². The zero-order valence-corrected chi connectivity index (χ0v) is 88.7. The molecule has 0 spiro atoms. The average molecular weight is 1990 g/mol. The van der Waals surface area contributed by atoms with Crippen LogP contribution in [0, 0.1) is 17.3 Å². The standard InChI is InChI=1S/C121H160N4O20/c1-18-22-48-89(20-3)82-144-106-65-53-94(81-110(106)145-83-90(21-4)49-23-19-2)114-98-57-56-97(123-98)113(93-52-63-104(133-67-37-25-31-43-73-139-116(127)85(7)8)108(79-93)136-70-40-28-34-46-76-142-119(130)88(13)14)100-59-58-99-111(91-50-64-105(134-68-38-26-32-44-74-140-117(128)86(9)10)109(80-91)137-71-41-29-35-47-77-143-120(131)121(15,16)17)95-54-55-96(122-95)112(101-60-61-102(114)125(101)124(99)100)92-51-62-103(132-66-36-24-30-42-72-138-115(126)84(5)6)107(78-92)135-69-39-27-33-45-75-141-118(129)87(11)12/h50-65,78-81,89-90H,5,7,9,11,13,18-49,66-77,82-83H2,1-4,6,8,10,12,14-17H3. The molecular formula is C121H160N4O20. The first-order valence-corrected chi connectivity index (χ1v) is 53.3. The largest absolute Gasteiger partial charge is 0.490 e. The van der Waals surface area contributed by atoms with Crippen molar-refractivity contribution in [3.05, 3.63) is 181 Å². The van der Waals surface area contributed by atoms with Gasteiger partial charge in [-0.2, -0.15) is 0 Å². The van der Waals surface area contributed by atoms with Gasteiger partial charge in [0.05, 0.1) is 143 Å². The van der Waals surface area contributed by atoms with Crippen LogP contribution in [0.1, 0.15) is 311 Å². The van der Waals surface area contributed by atoms with Gasteiger partial charge in [0, 0.05) is 50.1 Å². The van der Waals surface area contributed by atoms with Crippen molar-refractivity contribution in [3.8, 4) is 90.5 Å². The van der Waals surface area contributed by atoms with Crippen molar-refractivity contribution >= 4 is 82.2 Å². The number of hydrogen-bond acceptors (Lipinski definition) is 22. The van der Waals surface area contributed by atoms with Crippen molar-refractivity contribution in [2.45, 2.75) is 289 Å². The average Bonchev–Trinajstić information content (AvgIpc) is 1.55. The van der Waals surface area contributed by atoms with Gasteiger partial charge in [0.1, 0.15) is 0 Å². The van der Waals surface area contributed by atoms with E-state index in [4.69, 9.17) is 76.3 Å². The van der Waals surface area contributed by atoms with Gasteiger partial charge >= 0.3 is 35.8 Å². The smallest absolute Gasteiger partial charge is 0.333 e. The minimum Gasteiger partial charge on any atom is -0.490 e. The lowest BCUT2D eigenvalue weighted by Gasteiger charge is -2.21. The van der Waals surface area contributed by atoms with Crippen LogP contribution in [0.25, 0.3) is 90.9 Å². The van der Waals surface area contributed by atoms with Crippen molar-refractivity contribution in [2.75, 3.05) is 92.5 Å². The van der Waals surface area contributed by atoms with Gasteiger partial charge in [0.15, 0.2) is 46.0 Å². The van der Waals surface area contributed by atoms with Crippen molar-refractivity contribution < 1.29 is 95.1 Å². The van der Waals surface area contributed by atoms with Crippen LogP contribution in [0.2, 0.25) is 0 Å². The zero-order valence-electron chi connectivity index (χ0n) is 88.7. The Bertz CT molecular complexity index is 5690. The van der Waals surface area contributed by atoms with E-state index in [-0.39, 0.29) is 19.2 Å². The van der Waals surface area contributed by atoms with E-state index >= 15 is 0 Å². The highest BCUT2D eigenvalue weighted by atomic mass is 16.6. The minimum atomic E-state index is -0.604. The van der Waals surface area contributed by atoms with E-state index in [1.165, 1.54) is 0 Å². The number of carbonyl (C=O) groups is 6. The maximum atomic E-state index is 12.8. The van der Waals surface area contributed by atoms with Gasteiger partial charge in [0.25, 0.3) is 0 Å². The number of hydrogen-bond donors (Lipinski definition) is 0. The number of esters is 6. The Kier molecular flexibility index (Phi) is 47.6. The summed E-state index contributed by atoms with van der Waals surface area (Å²) in [7, 11) is 0. The van der Waals surface area contributed by atoms with E-state index in [1.807, 2.05) is 39.0 Å². The molecule has 2 aliphatic rings. The molecule has 0 radical (unpaired) electrons. The molecule has 0 saturated heterocycles. The van der Waals surface area contributed by atoms with Crippen LogP contribution in [-0.4, -0.2) is 147 Å². The van der Waals surface area contributed by atoms with E-state index in [2.05, 4.69) is 173 Å². The highest BCUT2D eigenvalue weighted by Gasteiger charge is 2.30. The lowest BCUT2D eigenvalue weighted by atomic mass is 9.97. The molecule has 4 aromatic carbocycles. The first kappa shape index (κ1) is 114. The molecule has 2 atom stereocenters. The number of ether oxygens (including phenoxy) is 14. The van der Waals surface area contributed by atoms with Crippen molar-refractivity contribution in [1.82, 2.24) is 19.0 Å². The van der Waals surface area contributed by atoms with Gasteiger partial charge in [-0.25, -0.2) is 43.0 Å². The fraction of sp³-hybridized carbons (Fsp3) is 0.504. The lowest BCUT2D eigenvalue weighted by Crippen LogP contribution is -2.23. The van der Waals surface area contributed by atoms with Crippen LogP contribution in [0.3, 0.4) is 0 Å². The van der Waals surface area contributed by atoms with Gasteiger partial charge in [-0.15, -0.1) is 0 Å². The first-order valence-electron chi connectivity index (χ1n) is 53.3. The molecule has 2 aliphatic heterocycles. The summed E-state index contributed by atoms with van der Waals surface area (Å²) in [5, 5.41) is 0. The first-order chi connectivity index (χ1) is 70.1. The molecule has 784 valence electrons. The second-order valence-corrected chi connectivity index (χ2v) is 39.4. The molecule has 10 rings (SSSR count). The summed E-state index contributed by atoms with van der Waals surface area (Å²) >= 11 is 0. The lowest BCUT2D eigenvalue weighted by molar-refractivity contribution is -0.153. The third kappa shape index (κ3) is 35.4. The van der Waals surface area contributed by atoms with E-state index in [0.29, 0.717) is 246 Å². The molecule has 6 heterocycles. The molecule has 0 saturated carbocycles. The molecule has 4 aromatic heterocycles. The van der Waals surface area contributed by atoms with Crippen LogP contribution in [0.4, 0.5) is 0 Å². The number of rotatable bonds is 71. The Balaban J connectivity index is 1.25. The predicted molar refractivity (Wildman–Crippen MR) is 579 cm³/mol. The highest BCUT2D eigenvalue weighted by Crippen LogP contribution is 2.48. The van der Waals surface area contributed by atoms with E-state index in [0.717, 1.165) is 214 Å². The Morgan fingerprint density at radius 1 is 0.276 bits per heavy atom. The molecule has 2 unspecified atom stereocenters. The summed E-state index contributed by atoms with van der Waals surface area (Å²) in [6.07, 6.45) is 35.1. The van der Waals surface area contributed by atoms with Crippen LogP contribution in [0.5, 0.6) is 46.0 Å². The fourth-order valence-electron chi connectivity index (χ4n) is 17.1. The van der Waals surface area contributed by atoms with Gasteiger partial charge in [-0.3, -0.25) is 4.79 Å². The molecule has 0 N–H and O–H groups in total. The molecule has 0 amide bonds. The second kappa shape index (κ2) is 60.4. The van der Waals surface area contributed by atoms with E-state index in [9.17, 15) is 28.8 Å². The Morgan fingerprint density at radius 3 is 0.717 bits per heavy atom. The Hall–Kier alpha value is -12.6. The molecule has 145 heavy (non-hydrogen) atoms. The molecule has 24 heteroatoms. The molecule has 0 aliphatic carbocycles. The van der Waals surface area contributed by atoms with Crippen LogP contribution in [-0.2, 0) is 57.2 Å². The molecular weight excluding hydrogens is 1830 g/mol. The monoisotopic (exact) mass is 1990 g/mol. The zero-order chi connectivity index (χ0) is 104. The SMILES string of the molecule is C=C(C)C(=O)OCCCCCCOc1ccc(-c2c3nc(c(-c4ccc(OCC(CC)CCCC)c(OCC(CC)CCCC)c4)c4ccc5c(-c6ccc(OCCCCCCOC(=O)C(=C)C)c(OCCCCCCOC(=O)C(=C)C)c6)c6nc(c(-c7ccc(OCCCCCCOC(=O)C(=C)C)c(OCCCCCCOC(=O)C(C)(C)C)c7)c7ccc2n7n54)C=C6)C=C3)cc1OCCCCCCOC(=O)C(=C)C. The maximum absolute atomic E-state index is 12.8. The Morgan fingerprint density at radius 2 is 0.490 bits per heavy atom. The summed E-state index contributed by atoms with van der Waals surface area (Å²) in [6.45, 7) is 46.6. The normalized spacial score (nSPS) is 12.1. The van der Waals surface area contributed by atoms with Crippen LogP contribution < -0.4 is 37.9 Å². The van der Waals surface area contributed by atoms with Crippen molar-refractivity contribution in [3.63, 3.8) is 0 Å². The second-order valence-electron chi connectivity index (χ2n) is 39.4. The van der Waals surface area contributed by atoms with Gasteiger partial charge < -0.3 is 66.3 Å². The summed E-state index contributed by atoms with van der Waals surface area (Å²) in [4.78, 5) is 86.2. The van der Waals surface area contributed by atoms with Gasteiger partial charge in [0.2, 0.25) is 0 Å². The predicted octanol–water partition coefficient (Wildman–Crippen LogP) is 28.9. The molecule has 24 nitrogen and oxygen atoms in total. The topological polar surface area (TPSA) is 266 Å². The third-order valence-electron chi connectivity index (χ3n) is 25.7. The third-order valence-corrected chi connectivity index (χ3v) is 25.7. The van der Waals surface area contributed by atoms with Gasteiger partial charge in [-0.1, -0.05) is 123 Å². The molecule has 4 bridgehead atoms. The quantitative estimate of drug-likeness (QED) is 0.0148. The van der Waals surface area contributed by atoms with Crippen LogP contribution >= 0.6 is 0 Å². The molecule has 8 aromatic rings. The Labute approximate surface area is 860 Å². The fourth-order valence-corrected chi connectivity index (χ4v) is 17.1. The van der Waals surface area contributed by atoms with Crippen molar-refractivity contribution in [2.24, 2.45) is 17.3 Å². The number of nitrogens with zero attached hydrogens (tertiary/aromatic N) is 4. The van der Waals surface area contributed by atoms with Gasteiger partial charge in [-0.05, 0) is 354 Å². The summed E-state index contributed by atoms with van der Waals surface area (Å²) in [5.74, 6) is 3.04. The number of carbonyl (C=O) groups excluding carboxylic acids is 6. The number of aromatic nitrogens is 4. The summed E-state index contributed by atoms with van der Waals surface area (Å²) in [6, 6.07) is 33.7. The molecule has 0 fully saturated rings. The number of benzene rings is 4. The number of fused-ring (bicyclic) bond motifs is 4. The van der Waals surface area contributed by atoms with E-state index in [1.54, 1.807) is 34.6 Å². The summed E-state index contributed by atoms with van der Waals surface area (Å²) < 4.78 is 93.4.